The highest BCUT2D eigenvalue weighted by molar-refractivity contribution is 5.79. The minimum absolute atomic E-state index is 0.200. The van der Waals surface area contributed by atoms with Gasteiger partial charge in [0.05, 0.1) is 0 Å². The van der Waals surface area contributed by atoms with Crippen LogP contribution in [0, 0.1) is 0 Å². The number of aromatic nitrogens is 4. The molecule has 0 radical (unpaired) electrons. The molecule has 5 nitrogen and oxygen atoms in total. The number of hydrogen-bond donors (Lipinski definition) is 0. The van der Waals surface area contributed by atoms with E-state index in [4.69, 9.17) is 0 Å². The van der Waals surface area contributed by atoms with Crippen molar-refractivity contribution in [1.29, 1.82) is 0 Å². The van der Waals surface area contributed by atoms with Gasteiger partial charge in [-0.2, -0.15) is 4.68 Å². The summed E-state index contributed by atoms with van der Waals surface area (Å²) in [4.78, 5) is 11.1. The first kappa shape index (κ1) is 8.55. The van der Waals surface area contributed by atoms with Crippen LogP contribution in [0.5, 0.6) is 0 Å². The Hall–Kier alpha value is -2.04. The fraction of sp³-hybridized carbons (Fsp3) is 0.111. The predicted octanol–water partition coefficient (Wildman–Crippen LogP) is 1.00. The zero-order valence-electron chi connectivity index (χ0n) is 7.58. The predicted molar refractivity (Wildman–Crippen MR) is 49.6 cm³/mol. The Bertz CT molecular complexity index is 449. The van der Waals surface area contributed by atoms with E-state index in [-0.39, 0.29) is 5.91 Å². The maximum absolute atomic E-state index is 11.1. The molecule has 1 aromatic heterocycles. The Morgan fingerprint density at radius 1 is 1.29 bits per heavy atom. The van der Waals surface area contributed by atoms with Crippen LogP contribution < -0.4 is 0 Å². The maximum atomic E-state index is 11.1. The second-order valence-electron chi connectivity index (χ2n) is 2.80. The van der Waals surface area contributed by atoms with Gasteiger partial charge in [0.25, 0.3) is 0 Å². The van der Waals surface area contributed by atoms with Crippen molar-refractivity contribution in [3.8, 4) is 11.4 Å². The lowest BCUT2D eigenvalue weighted by atomic mass is 10.2. The van der Waals surface area contributed by atoms with E-state index in [1.807, 2.05) is 30.3 Å². The molecular weight excluding hydrogens is 180 g/mol. The molecule has 0 fully saturated rings. The van der Waals surface area contributed by atoms with Crippen LogP contribution in [0.25, 0.3) is 11.4 Å². The summed E-state index contributed by atoms with van der Waals surface area (Å²) in [5.74, 6) is 0.270. The lowest BCUT2D eigenvalue weighted by Gasteiger charge is -1.98. The standard InChI is InChI=1S/C9H8N4O/c1-7(14)13-9(10-11-12-13)8-5-3-2-4-6-8/h2-6H,1H3. The molecule has 1 aromatic carbocycles. The molecule has 0 amide bonds. The Morgan fingerprint density at radius 3 is 2.64 bits per heavy atom. The largest absolute Gasteiger partial charge is 0.273 e. The number of nitrogens with zero attached hydrogens (tertiary/aromatic N) is 4. The summed E-state index contributed by atoms with van der Waals surface area (Å²) >= 11 is 0. The average molecular weight is 188 g/mol. The monoisotopic (exact) mass is 188 g/mol. The number of hydrogen-bond acceptors (Lipinski definition) is 4. The Morgan fingerprint density at radius 2 is 2.00 bits per heavy atom. The molecule has 0 aliphatic rings. The van der Waals surface area contributed by atoms with Gasteiger partial charge in [-0.1, -0.05) is 30.3 Å². The van der Waals surface area contributed by atoms with Crippen LogP contribution in [-0.2, 0) is 0 Å². The number of carbonyl (C=O) groups is 1. The van der Waals surface area contributed by atoms with Crippen molar-refractivity contribution in [3.05, 3.63) is 30.3 Å². The molecular formula is C9H8N4O. The topological polar surface area (TPSA) is 60.7 Å². The summed E-state index contributed by atoms with van der Waals surface area (Å²) in [6.07, 6.45) is 0. The van der Waals surface area contributed by atoms with Crippen molar-refractivity contribution in [3.63, 3.8) is 0 Å². The van der Waals surface area contributed by atoms with Gasteiger partial charge >= 0.3 is 0 Å². The minimum Gasteiger partial charge on any atom is -0.273 e. The third kappa shape index (κ3) is 1.39. The second kappa shape index (κ2) is 3.37. The normalized spacial score (nSPS) is 10.1. The zero-order chi connectivity index (χ0) is 9.97. The summed E-state index contributed by atoms with van der Waals surface area (Å²) in [6, 6.07) is 9.34. The van der Waals surface area contributed by atoms with E-state index >= 15 is 0 Å². The highest BCUT2D eigenvalue weighted by Crippen LogP contribution is 2.13. The van der Waals surface area contributed by atoms with Gasteiger partial charge in [0, 0.05) is 12.5 Å². The molecule has 0 saturated carbocycles. The van der Waals surface area contributed by atoms with Crippen LogP contribution in [0.1, 0.15) is 11.7 Å². The lowest BCUT2D eigenvalue weighted by molar-refractivity contribution is 0.0921. The molecule has 0 unspecified atom stereocenters. The third-order valence-corrected chi connectivity index (χ3v) is 1.80. The van der Waals surface area contributed by atoms with Crippen LogP contribution in [-0.4, -0.2) is 26.1 Å². The van der Waals surface area contributed by atoms with Gasteiger partial charge < -0.3 is 0 Å². The van der Waals surface area contributed by atoms with Gasteiger partial charge in [-0.3, -0.25) is 4.79 Å². The summed E-state index contributed by atoms with van der Waals surface area (Å²) < 4.78 is 1.18. The van der Waals surface area contributed by atoms with Gasteiger partial charge in [0.15, 0.2) is 5.82 Å². The maximum Gasteiger partial charge on any atom is 0.247 e. The van der Waals surface area contributed by atoms with E-state index in [0.29, 0.717) is 5.82 Å². The number of tetrazole rings is 1. The summed E-state index contributed by atoms with van der Waals surface area (Å²) in [5.41, 5.74) is 0.827. The Labute approximate surface area is 80.4 Å². The highest BCUT2D eigenvalue weighted by Gasteiger charge is 2.10. The minimum atomic E-state index is -0.200. The van der Waals surface area contributed by atoms with Gasteiger partial charge in [-0.05, 0) is 10.4 Å². The zero-order valence-corrected chi connectivity index (χ0v) is 7.58. The Balaban J connectivity index is 2.52. The smallest absolute Gasteiger partial charge is 0.247 e. The molecule has 0 N–H and O–H groups in total. The molecule has 5 heteroatoms. The number of benzene rings is 1. The van der Waals surface area contributed by atoms with Crippen molar-refractivity contribution in [2.45, 2.75) is 6.92 Å². The first-order valence-corrected chi connectivity index (χ1v) is 4.14. The van der Waals surface area contributed by atoms with Crippen molar-refractivity contribution in [2.24, 2.45) is 0 Å². The second-order valence-corrected chi connectivity index (χ2v) is 2.80. The van der Waals surface area contributed by atoms with E-state index in [1.165, 1.54) is 11.6 Å². The lowest BCUT2D eigenvalue weighted by Crippen LogP contribution is -2.09. The molecule has 0 aliphatic carbocycles. The van der Waals surface area contributed by atoms with Crippen molar-refractivity contribution in [1.82, 2.24) is 20.2 Å². The Kier molecular flexibility index (Phi) is 2.06. The quantitative estimate of drug-likeness (QED) is 0.626. The molecule has 1 heterocycles. The first-order chi connectivity index (χ1) is 6.79. The fourth-order valence-electron chi connectivity index (χ4n) is 1.17. The highest BCUT2D eigenvalue weighted by atomic mass is 16.2. The van der Waals surface area contributed by atoms with Gasteiger partial charge in [-0.15, -0.1) is 5.10 Å². The van der Waals surface area contributed by atoms with Crippen LogP contribution in [0.15, 0.2) is 30.3 Å². The fourth-order valence-corrected chi connectivity index (χ4v) is 1.17. The van der Waals surface area contributed by atoms with Crippen molar-refractivity contribution < 1.29 is 4.79 Å². The van der Waals surface area contributed by atoms with Gasteiger partial charge in [-0.25, -0.2) is 0 Å². The number of rotatable bonds is 1. The first-order valence-electron chi connectivity index (χ1n) is 4.14. The van der Waals surface area contributed by atoms with Crippen LogP contribution in [0.3, 0.4) is 0 Å². The summed E-state index contributed by atoms with van der Waals surface area (Å²) in [7, 11) is 0. The molecule has 0 spiro atoms. The van der Waals surface area contributed by atoms with E-state index in [1.54, 1.807) is 0 Å². The molecule has 0 aliphatic heterocycles. The van der Waals surface area contributed by atoms with Crippen LogP contribution in [0.2, 0.25) is 0 Å². The third-order valence-electron chi connectivity index (χ3n) is 1.80. The SMILES string of the molecule is CC(=O)n1nnnc1-c1ccccc1. The van der Waals surface area contributed by atoms with Gasteiger partial charge in [0.2, 0.25) is 5.91 Å². The van der Waals surface area contributed by atoms with E-state index in [0.717, 1.165) is 5.56 Å². The van der Waals surface area contributed by atoms with E-state index in [9.17, 15) is 4.79 Å². The van der Waals surface area contributed by atoms with E-state index in [2.05, 4.69) is 15.5 Å². The molecule has 14 heavy (non-hydrogen) atoms. The van der Waals surface area contributed by atoms with Crippen LogP contribution in [0.4, 0.5) is 0 Å². The molecule has 0 atom stereocenters. The average Bonchev–Trinajstić information content (AvgIpc) is 2.67. The van der Waals surface area contributed by atoms with Crippen molar-refractivity contribution >= 4 is 5.91 Å². The molecule has 2 rings (SSSR count). The molecule has 0 bridgehead atoms. The summed E-state index contributed by atoms with van der Waals surface area (Å²) in [5, 5.41) is 10.8. The van der Waals surface area contributed by atoms with Crippen LogP contribution >= 0.6 is 0 Å². The molecule has 2 aromatic rings. The molecule has 0 saturated heterocycles. The summed E-state index contributed by atoms with van der Waals surface area (Å²) in [6.45, 7) is 1.42. The van der Waals surface area contributed by atoms with Gasteiger partial charge in [0.1, 0.15) is 0 Å². The van der Waals surface area contributed by atoms with E-state index < -0.39 is 0 Å². The van der Waals surface area contributed by atoms with Crippen molar-refractivity contribution in [2.75, 3.05) is 0 Å². The molecule has 70 valence electrons. The number of carbonyl (C=O) groups excluding carboxylic acids is 1.